The molecule has 0 radical (unpaired) electrons. The fraction of sp³-hybridized carbons (Fsp3) is 1.00. The normalized spacial score (nSPS) is 39.6. The minimum Gasteiger partial charge on any atom is -0.380 e. The van der Waals surface area contributed by atoms with Gasteiger partial charge in [0.05, 0.1) is 6.61 Å². The first-order chi connectivity index (χ1) is 6.86. The molecule has 2 heteroatoms. The van der Waals surface area contributed by atoms with Gasteiger partial charge >= 0.3 is 0 Å². The Labute approximate surface area is 87.4 Å². The molecule has 82 valence electrons. The van der Waals surface area contributed by atoms with Crippen molar-refractivity contribution < 1.29 is 4.74 Å². The van der Waals surface area contributed by atoms with E-state index in [0.717, 1.165) is 25.2 Å². The maximum absolute atomic E-state index is 5.50. The fourth-order valence-corrected chi connectivity index (χ4v) is 2.74. The van der Waals surface area contributed by atoms with Crippen LogP contribution >= 0.6 is 0 Å². The summed E-state index contributed by atoms with van der Waals surface area (Å²) in [4.78, 5) is 0. The van der Waals surface area contributed by atoms with E-state index in [2.05, 4.69) is 12.2 Å². The van der Waals surface area contributed by atoms with Gasteiger partial charge in [0.1, 0.15) is 0 Å². The molecule has 0 aromatic heterocycles. The molecule has 14 heavy (non-hydrogen) atoms. The highest BCUT2D eigenvalue weighted by molar-refractivity contribution is 4.82. The van der Waals surface area contributed by atoms with Gasteiger partial charge in [-0.15, -0.1) is 0 Å². The lowest BCUT2D eigenvalue weighted by Crippen LogP contribution is -2.46. The summed E-state index contributed by atoms with van der Waals surface area (Å²) in [6.45, 7) is 4.29. The van der Waals surface area contributed by atoms with Gasteiger partial charge in [0.25, 0.3) is 0 Å². The third kappa shape index (κ3) is 2.71. The average Bonchev–Trinajstić information content (AvgIpc) is 2.23. The zero-order valence-corrected chi connectivity index (χ0v) is 9.30. The quantitative estimate of drug-likeness (QED) is 0.733. The Hall–Kier alpha value is -0.0800. The predicted octanol–water partition coefficient (Wildman–Crippen LogP) is 2.33. The van der Waals surface area contributed by atoms with E-state index in [-0.39, 0.29) is 0 Å². The zero-order valence-electron chi connectivity index (χ0n) is 9.30. The zero-order chi connectivity index (χ0) is 9.80. The smallest absolute Gasteiger partial charge is 0.0619 e. The molecule has 2 nitrogen and oxygen atoms in total. The van der Waals surface area contributed by atoms with E-state index in [1.165, 1.54) is 38.5 Å². The summed E-state index contributed by atoms with van der Waals surface area (Å²) in [7, 11) is 0. The summed E-state index contributed by atoms with van der Waals surface area (Å²) in [5.41, 5.74) is 0. The van der Waals surface area contributed by atoms with Crippen LogP contribution in [0.25, 0.3) is 0 Å². The van der Waals surface area contributed by atoms with E-state index in [4.69, 9.17) is 4.74 Å². The van der Waals surface area contributed by atoms with Crippen LogP contribution in [0.3, 0.4) is 0 Å². The van der Waals surface area contributed by atoms with Crippen molar-refractivity contribution in [3.05, 3.63) is 0 Å². The number of rotatable bonds is 2. The second-order valence-electron chi connectivity index (χ2n) is 4.95. The van der Waals surface area contributed by atoms with E-state index < -0.39 is 0 Å². The Kier molecular flexibility index (Phi) is 3.82. The van der Waals surface area contributed by atoms with E-state index in [9.17, 15) is 0 Å². The second kappa shape index (κ2) is 5.13. The fourth-order valence-electron chi connectivity index (χ4n) is 2.74. The molecule has 1 aliphatic carbocycles. The Morgan fingerprint density at radius 3 is 2.64 bits per heavy atom. The Balaban J connectivity index is 1.76. The molecular weight excluding hydrogens is 174 g/mol. The third-order valence-corrected chi connectivity index (χ3v) is 3.72. The standard InChI is InChI=1S/C12H23NO/c1-10-5-2-3-7-12(10)13-11-6-4-8-14-9-11/h10-13H,2-9H2,1H3/t10?,11-,12?/m1/s1. The molecule has 1 saturated carbocycles. The van der Waals surface area contributed by atoms with Crippen molar-refractivity contribution >= 4 is 0 Å². The summed E-state index contributed by atoms with van der Waals surface area (Å²) in [6.07, 6.45) is 8.17. The maximum Gasteiger partial charge on any atom is 0.0619 e. The van der Waals surface area contributed by atoms with Crippen LogP contribution in [0, 0.1) is 5.92 Å². The molecule has 2 aliphatic rings. The summed E-state index contributed by atoms with van der Waals surface area (Å²) < 4.78 is 5.50. The summed E-state index contributed by atoms with van der Waals surface area (Å²) in [6, 6.07) is 1.39. The first-order valence-corrected chi connectivity index (χ1v) is 6.20. The van der Waals surface area contributed by atoms with E-state index in [1.54, 1.807) is 0 Å². The molecule has 0 spiro atoms. The third-order valence-electron chi connectivity index (χ3n) is 3.72. The number of hydrogen-bond donors (Lipinski definition) is 1. The topological polar surface area (TPSA) is 21.3 Å². The second-order valence-corrected chi connectivity index (χ2v) is 4.95. The highest BCUT2D eigenvalue weighted by atomic mass is 16.5. The Morgan fingerprint density at radius 2 is 1.93 bits per heavy atom. The molecule has 1 saturated heterocycles. The van der Waals surface area contributed by atoms with Gasteiger partial charge in [0, 0.05) is 18.7 Å². The van der Waals surface area contributed by atoms with Gasteiger partial charge in [-0.2, -0.15) is 0 Å². The van der Waals surface area contributed by atoms with Gasteiger partial charge in [0.15, 0.2) is 0 Å². The minimum absolute atomic E-state index is 0.634. The van der Waals surface area contributed by atoms with Crippen LogP contribution in [0.4, 0.5) is 0 Å². The van der Waals surface area contributed by atoms with Crippen LogP contribution in [-0.4, -0.2) is 25.3 Å². The van der Waals surface area contributed by atoms with Crippen molar-refractivity contribution in [3.63, 3.8) is 0 Å². The van der Waals surface area contributed by atoms with Gasteiger partial charge in [-0.05, 0) is 31.6 Å². The summed E-state index contributed by atoms with van der Waals surface area (Å²) in [5, 5.41) is 3.78. The van der Waals surface area contributed by atoms with Gasteiger partial charge < -0.3 is 10.1 Å². The molecule has 2 rings (SSSR count). The van der Waals surface area contributed by atoms with Gasteiger partial charge in [-0.3, -0.25) is 0 Å². The van der Waals surface area contributed by atoms with Crippen LogP contribution in [0.5, 0.6) is 0 Å². The van der Waals surface area contributed by atoms with E-state index >= 15 is 0 Å². The molecule has 0 bridgehead atoms. The van der Waals surface area contributed by atoms with Crippen molar-refractivity contribution in [2.75, 3.05) is 13.2 Å². The van der Waals surface area contributed by atoms with Crippen LogP contribution in [0.15, 0.2) is 0 Å². The highest BCUT2D eigenvalue weighted by Gasteiger charge is 2.24. The lowest BCUT2D eigenvalue weighted by molar-refractivity contribution is 0.0606. The molecule has 0 amide bonds. The Morgan fingerprint density at radius 1 is 1.07 bits per heavy atom. The lowest BCUT2D eigenvalue weighted by Gasteiger charge is -2.34. The number of ether oxygens (including phenoxy) is 1. The summed E-state index contributed by atoms with van der Waals surface area (Å²) in [5.74, 6) is 0.866. The summed E-state index contributed by atoms with van der Waals surface area (Å²) >= 11 is 0. The first kappa shape index (κ1) is 10.4. The van der Waals surface area contributed by atoms with Gasteiger partial charge in [-0.25, -0.2) is 0 Å². The lowest BCUT2D eigenvalue weighted by atomic mass is 9.85. The minimum atomic E-state index is 0.634. The van der Waals surface area contributed by atoms with E-state index in [0.29, 0.717) is 6.04 Å². The first-order valence-electron chi connectivity index (χ1n) is 6.20. The molecule has 0 aromatic carbocycles. The van der Waals surface area contributed by atoms with Crippen molar-refractivity contribution in [2.45, 2.75) is 57.5 Å². The highest BCUT2D eigenvalue weighted by Crippen LogP contribution is 2.24. The largest absolute Gasteiger partial charge is 0.380 e. The maximum atomic E-state index is 5.50. The molecule has 2 unspecified atom stereocenters. The van der Waals surface area contributed by atoms with Crippen molar-refractivity contribution in [1.82, 2.24) is 5.32 Å². The monoisotopic (exact) mass is 197 g/mol. The molecule has 1 N–H and O–H groups in total. The van der Waals surface area contributed by atoms with Crippen LogP contribution in [0.2, 0.25) is 0 Å². The van der Waals surface area contributed by atoms with Crippen molar-refractivity contribution in [1.29, 1.82) is 0 Å². The molecule has 3 atom stereocenters. The van der Waals surface area contributed by atoms with Crippen LogP contribution in [0.1, 0.15) is 45.4 Å². The molecule has 1 heterocycles. The molecule has 1 aliphatic heterocycles. The van der Waals surface area contributed by atoms with E-state index in [1.807, 2.05) is 0 Å². The molecular formula is C12H23NO. The predicted molar refractivity (Wildman–Crippen MR) is 58.4 cm³/mol. The SMILES string of the molecule is CC1CCCCC1N[C@@H]1CCCOC1. The van der Waals surface area contributed by atoms with Crippen molar-refractivity contribution in [2.24, 2.45) is 5.92 Å². The molecule has 2 fully saturated rings. The van der Waals surface area contributed by atoms with Crippen molar-refractivity contribution in [3.8, 4) is 0 Å². The van der Waals surface area contributed by atoms with Gasteiger partial charge in [-0.1, -0.05) is 19.8 Å². The van der Waals surface area contributed by atoms with Crippen LogP contribution < -0.4 is 5.32 Å². The number of nitrogens with one attached hydrogen (secondary N) is 1. The average molecular weight is 197 g/mol. The number of hydrogen-bond acceptors (Lipinski definition) is 2. The van der Waals surface area contributed by atoms with Gasteiger partial charge in [0.2, 0.25) is 0 Å². The molecule has 0 aromatic rings. The van der Waals surface area contributed by atoms with Crippen LogP contribution in [-0.2, 0) is 4.74 Å². The Bertz CT molecular complexity index is 166.